The number of esters is 1. The van der Waals surface area contributed by atoms with E-state index in [0.29, 0.717) is 36.8 Å². The summed E-state index contributed by atoms with van der Waals surface area (Å²) in [6.45, 7) is 2.29. The third kappa shape index (κ3) is 7.73. The Kier molecular flexibility index (Phi) is 9.76. The summed E-state index contributed by atoms with van der Waals surface area (Å²) in [6, 6.07) is 1.42. The molecular weight excluding hydrogens is 499 g/mol. The first-order valence-electron chi connectivity index (χ1n) is 14.4. The standard InChI is InChI=1S/C31H39F5O2/c1-2-3-20-4-6-21(7-5-20)22-8-10-23(11-9-22)24-12-14-25(15-13-24)30(37)38-26-18-28(32)27(29(33)19-26)16-17-31(34,35)36/h18-25H,2-15H2,1H3. The maximum atomic E-state index is 14.1. The fourth-order valence-corrected chi connectivity index (χ4v) is 7.33. The Morgan fingerprint density at radius 2 is 1.26 bits per heavy atom. The number of hydrogen-bond donors (Lipinski definition) is 0. The summed E-state index contributed by atoms with van der Waals surface area (Å²) in [5.41, 5.74) is -0.999. The van der Waals surface area contributed by atoms with Crippen LogP contribution in [-0.2, 0) is 4.79 Å². The number of alkyl halides is 3. The number of hydrogen-bond acceptors (Lipinski definition) is 2. The average Bonchev–Trinajstić information content (AvgIpc) is 2.88. The van der Waals surface area contributed by atoms with E-state index in [4.69, 9.17) is 4.74 Å². The Labute approximate surface area is 223 Å². The van der Waals surface area contributed by atoms with Gasteiger partial charge in [0.1, 0.15) is 17.4 Å². The Morgan fingerprint density at radius 1 is 0.816 bits per heavy atom. The molecule has 0 radical (unpaired) electrons. The van der Waals surface area contributed by atoms with Crippen LogP contribution in [0.4, 0.5) is 22.0 Å². The van der Waals surface area contributed by atoms with Crippen LogP contribution in [0.15, 0.2) is 12.1 Å². The van der Waals surface area contributed by atoms with Crippen molar-refractivity contribution in [2.75, 3.05) is 0 Å². The molecule has 0 spiro atoms. The van der Waals surface area contributed by atoms with Gasteiger partial charge in [-0.05, 0) is 93.8 Å². The van der Waals surface area contributed by atoms with Crippen molar-refractivity contribution in [3.05, 3.63) is 29.3 Å². The van der Waals surface area contributed by atoms with Crippen LogP contribution in [0.5, 0.6) is 5.75 Å². The van der Waals surface area contributed by atoms with Gasteiger partial charge in [0.25, 0.3) is 0 Å². The van der Waals surface area contributed by atoms with Gasteiger partial charge in [-0.1, -0.05) is 38.5 Å². The summed E-state index contributed by atoms with van der Waals surface area (Å²) in [4.78, 5) is 12.7. The summed E-state index contributed by atoms with van der Waals surface area (Å²) in [6.07, 6.45) is 11.9. The van der Waals surface area contributed by atoms with Gasteiger partial charge in [-0.25, -0.2) is 8.78 Å². The largest absolute Gasteiger partial charge is 0.458 e. The molecule has 3 aliphatic rings. The van der Waals surface area contributed by atoms with Crippen LogP contribution < -0.4 is 4.74 Å². The highest BCUT2D eigenvalue weighted by Gasteiger charge is 2.36. The summed E-state index contributed by atoms with van der Waals surface area (Å²) in [5.74, 6) is 2.56. The van der Waals surface area contributed by atoms with Crippen molar-refractivity contribution < 1.29 is 31.5 Å². The van der Waals surface area contributed by atoms with Crippen LogP contribution in [0.25, 0.3) is 0 Å². The molecule has 0 aliphatic heterocycles. The van der Waals surface area contributed by atoms with Crippen molar-refractivity contribution >= 4 is 5.97 Å². The van der Waals surface area contributed by atoms with Crippen molar-refractivity contribution in [1.29, 1.82) is 0 Å². The van der Waals surface area contributed by atoms with Gasteiger partial charge in [0.15, 0.2) is 0 Å². The predicted octanol–water partition coefficient (Wildman–Crippen LogP) is 9.00. The van der Waals surface area contributed by atoms with E-state index in [0.717, 1.165) is 36.5 Å². The minimum atomic E-state index is -4.87. The number of benzene rings is 1. The zero-order chi connectivity index (χ0) is 27.3. The molecular formula is C31H39F5O2. The second-order valence-corrected chi connectivity index (χ2v) is 11.8. The Balaban J connectivity index is 1.22. The smallest absolute Gasteiger partial charge is 0.426 e. The number of ether oxygens (including phenoxy) is 1. The molecule has 0 saturated heterocycles. The molecule has 1 aromatic rings. The third-order valence-corrected chi connectivity index (χ3v) is 9.41. The molecule has 3 saturated carbocycles. The number of rotatable bonds is 6. The maximum absolute atomic E-state index is 14.1. The van der Waals surface area contributed by atoms with Crippen LogP contribution >= 0.6 is 0 Å². The Hall–Kier alpha value is -2.10. The van der Waals surface area contributed by atoms with E-state index >= 15 is 0 Å². The van der Waals surface area contributed by atoms with Gasteiger partial charge in [0.05, 0.1) is 11.5 Å². The lowest BCUT2D eigenvalue weighted by molar-refractivity contribution is -0.140. The molecule has 0 N–H and O–H groups in total. The highest BCUT2D eigenvalue weighted by atomic mass is 19.4. The van der Waals surface area contributed by atoms with E-state index in [9.17, 15) is 26.7 Å². The van der Waals surface area contributed by atoms with Gasteiger partial charge in [0.2, 0.25) is 0 Å². The van der Waals surface area contributed by atoms with Crippen LogP contribution in [0.3, 0.4) is 0 Å². The molecule has 1 aromatic carbocycles. The van der Waals surface area contributed by atoms with Gasteiger partial charge < -0.3 is 4.74 Å². The van der Waals surface area contributed by atoms with Gasteiger partial charge in [-0.15, -0.1) is 0 Å². The van der Waals surface area contributed by atoms with E-state index in [2.05, 4.69) is 6.92 Å². The van der Waals surface area contributed by atoms with E-state index < -0.39 is 29.3 Å². The summed E-state index contributed by atoms with van der Waals surface area (Å²) < 4.78 is 70.2. The van der Waals surface area contributed by atoms with Gasteiger partial charge in [-0.3, -0.25) is 4.79 Å². The molecule has 2 nitrogen and oxygen atoms in total. The molecule has 3 aliphatic carbocycles. The van der Waals surface area contributed by atoms with E-state index in [1.807, 2.05) is 0 Å². The normalized spacial score (nSPS) is 30.3. The first-order chi connectivity index (χ1) is 18.1. The molecule has 0 bridgehead atoms. The minimum Gasteiger partial charge on any atom is -0.426 e. The second kappa shape index (κ2) is 12.8. The molecule has 4 rings (SSSR count). The Morgan fingerprint density at radius 3 is 1.71 bits per heavy atom. The van der Waals surface area contributed by atoms with Gasteiger partial charge in [0, 0.05) is 18.1 Å². The molecule has 210 valence electrons. The van der Waals surface area contributed by atoms with E-state index in [1.165, 1.54) is 70.1 Å². The molecule has 7 heteroatoms. The van der Waals surface area contributed by atoms with Gasteiger partial charge in [-0.2, -0.15) is 13.2 Å². The molecule has 0 amide bonds. The first kappa shape index (κ1) is 28.9. The zero-order valence-electron chi connectivity index (χ0n) is 22.2. The van der Waals surface area contributed by atoms with Gasteiger partial charge >= 0.3 is 12.1 Å². The van der Waals surface area contributed by atoms with Crippen molar-refractivity contribution in [3.8, 4) is 17.6 Å². The van der Waals surface area contributed by atoms with Crippen molar-refractivity contribution in [2.45, 2.75) is 103 Å². The lowest BCUT2D eigenvalue weighted by Crippen LogP contribution is -2.31. The van der Waals surface area contributed by atoms with Crippen LogP contribution in [0.1, 0.15) is 102 Å². The Bertz CT molecular complexity index is 976. The maximum Gasteiger partial charge on any atom is 0.458 e. The fraction of sp³-hybridized carbons (Fsp3) is 0.710. The lowest BCUT2D eigenvalue weighted by atomic mass is 9.65. The first-order valence-corrected chi connectivity index (χ1v) is 14.4. The average molecular weight is 539 g/mol. The topological polar surface area (TPSA) is 26.3 Å². The summed E-state index contributed by atoms with van der Waals surface area (Å²) in [5, 5.41) is 0. The second-order valence-electron chi connectivity index (χ2n) is 11.8. The van der Waals surface area contributed by atoms with Crippen LogP contribution in [-0.4, -0.2) is 12.1 Å². The van der Waals surface area contributed by atoms with E-state index in [1.54, 1.807) is 0 Å². The third-order valence-electron chi connectivity index (χ3n) is 9.41. The van der Waals surface area contributed by atoms with Crippen molar-refractivity contribution in [2.24, 2.45) is 35.5 Å². The molecule has 38 heavy (non-hydrogen) atoms. The molecule has 0 aromatic heterocycles. The SMILES string of the molecule is CCCC1CCC(C2CCC(C3CCC(C(=O)Oc4cc(F)c(C#CC(F)(F)F)c(F)c4)CC3)CC2)CC1. The number of carbonyl (C=O) groups is 1. The monoisotopic (exact) mass is 538 g/mol. The zero-order valence-corrected chi connectivity index (χ0v) is 22.2. The van der Waals surface area contributed by atoms with E-state index in [-0.39, 0.29) is 11.7 Å². The summed E-state index contributed by atoms with van der Waals surface area (Å²) >= 11 is 0. The molecule has 0 heterocycles. The lowest BCUT2D eigenvalue weighted by Gasteiger charge is -2.41. The fourth-order valence-electron chi connectivity index (χ4n) is 7.33. The highest BCUT2D eigenvalue weighted by Crippen LogP contribution is 2.46. The number of halogens is 5. The van der Waals surface area contributed by atoms with Crippen LogP contribution in [0.2, 0.25) is 0 Å². The number of carbonyl (C=O) groups excluding carboxylic acids is 1. The molecule has 0 unspecified atom stereocenters. The molecule has 3 fully saturated rings. The quantitative estimate of drug-likeness (QED) is 0.156. The summed E-state index contributed by atoms with van der Waals surface area (Å²) in [7, 11) is 0. The van der Waals surface area contributed by atoms with Crippen molar-refractivity contribution in [3.63, 3.8) is 0 Å². The predicted molar refractivity (Wildman–Crippen MR) is 136 cm³/mol. The van der Waals surface area contributed by atoms with Crippen molar-refractivity contribution in [1.82, 2.24) is 0 Å². The minimum absolute atomic E-state index is 0.336. The highest BCUT2D eigenvalue weighted by molar-refractivity contribution is 5.75. The molecule has 0 atom stereocenters. The van der Waals surface area contributed by atoms with Crippen LogP contribution in [0, 0.1) is 59.0 Å².